The summed E-state index contributed by atoms with van der Waals surface area (Å²) in [6.45, 7) is 2.34. The Kier molecular flexibility index (Phi) is 2.73. The van der Waals surface area contributed by atoms with E-state index in [0.717, 1.165) is 17.2 Å². The molecule has 1 unspecified atom stereocenters. The lowest BCUT2D eigenvalue weighted by Gasteiger charge is -2.15. The number of fused-ring (bicyclic) bond motifs is 1. The van der Waals surface area contributed by atoms with Gasteiger partial charge in [-0.05, 0) is 35.8 Å². The average Bonchev–Trinajstić information content (AvgIpc) is 2.59. The summed E-state index contributed by atoms with van der Waals surface area (Å²) < 4.78 is 0. The molecule has 70 valence electrons. The molecule has 0 spiro atoms. The van der Waals surface area contributed by atoms with E-state index in [1.54, 1.807) is 11.1 Å². The van der Waals surface area contributed by atoms with Crippen LogP contribution in [0.25, 0.3) is 0 Å². The molecule has 0 nitrogen and oxygen atoms in total. The Labute approximate surface area is 88.5 Å². The van der Waals surface area contributed by atoms with Gasteiger partial charge >= 0.3 is 0 Å². The van der Waals surface area contributed by atoms with E-state index in [2.05, 4.69) is 47.1 Å². The summed E-state index contributed by atoms with van der Waals surface area (Å²) in [5.41, 5.74) is 3.14. The van der Waals surface area contributed by atoms with Gasteiger partial charge in [-0.1, -0.05) is 47.1 Å². The first-order valence-corrected chi connectivity index (χ1v) is 6.06. The van der Waals surface area contributed by atoms with Gasteiger partial charge in [-0.25, -0.2) is 0 Å². The summed E-state index contributed by atoms with van der Waals surface area (Å²) in [6, 6.07) is 8.85. The zero-order valence-corrected chi connectivity index (χ0v) is 9.55. The van der Waals surface area contributed by atoms with Gasteiger partial charge in [-0.15, -0.1) is 0 Å². The van der Waals surface area contributed by atoms with Gasteiger partial charge in [0.2, 0.25) is 0 Å². The van der Waals surface area contributed by atoms with E-state index in [9.17, 15) is 0 Å². The van der Waals surface area contributed by atoms with Gasteiger partial charge in [-0.2, -0.15) is 0 Å². The van der Waals surface area contributed by atoms with Crippen molar-refractivity contribution in [2.45, 2.75) is 19.8 Å². The van der Waals surface area contributed by atoms with Crippen LogP contribution in [0.5, 0.6) is 0 Å². The van der Waals surface area contributed by atoms with Crippen molar-refractivity contribution in [1.29, 1.82) is 0 Å². The fraction of sp³-hybridized carbons (Fsp3) is 0.500. The predicted octanol–water partition coefficient (Wildman–Crippen LogP) is 3.43. The van der Waals surface area contributed by atoms with Gasteiger partial charge < -0.3 is 0 Å². The Balaban J connectivity index is 2.14. The van der Waals surface area contributed by atoms with Gasteiger partial charge in [0.15, 0.2) is 0 Å². The predicted molar refractivity (Wildman–Crippen MR) is 60.3 cm³/mol. The van der Waals surface area contributed by atoms with Crippen LogP contribution in [-0.4, -0.2) is 5.33 Å². The summed E-state index contributed by atoms with van der Waals surface area (Å²) in [5, 5.41) is 1.13. The van der Waals surface area contributed by atoms with Gasteiger partial charge in [0.1, 0.15) is 0 Å². The summed E-state index contributed by atoms with van der Waals surface area (Å²) in [6.07, 6.45) is 2.56. The topological polar surface area (TPSA) is 0 Å². The maximum atomic E-state index is 3.57. The molecule has 1 aliphatic carbocycles. The quantitative estimate of drug-likeness (QED) is 0.693. The zero-order valence-electron chi connectivity index (χ0n) is 7.96. The van der Waals surface area contributed by atoms with Crippen molar-refractivity contribution in [2.24, 2.45) is 11.8 Å². The lowest BCUT2D eigenvalue weighted by molar-refractivity contribution is 0.412. The molecule has 0 radical (unpaired) electrons. The maximum Gasteiger partial charge on any atom is 0.00599 e. The van der Waals surface area contributed by atoms with Gasteiger partial charge in [0.05, 0.1) is 0 Å². The second-order valence-electron chi connectivity index (χ2n) is 4.07. The van der Waals surface area contributed by atoms with Crippen molar-refractivity contribution in [1.82, 2.24) is 0 Å². The largest absolute Gasteiger partial charge is 0.0925 e. The lowest BCUT2D eigenvalue weighted by Crippen LogP contribution is -2.12. The van der Waals surface area contributed by atoms with Crippen molar-refractivity contribution in [2.75, 3.05) is 5.33 Å². The summed E-state index contributed by atoms with van der Waals surface area (Å²) >= 11 is 3.57. The van der Waals surface area contributed by atoms with Crippen LogP contribution < -0.4 is 0 Å². The minimum absolute atomic E-state index is 0.799. The van der Waals surface area contributed by atoms with Gasteiger partial charge in [0, 0.05) is 5.33 Å². The van der Waals surface area contributed by atoms with Crippen molar-refractivity contribution in [3.05, 3.63) is 35.4 Å². The second kappa shape index (κ2) is 3.83. The van der Waals surface area contributed by atoms with E-state index in [1.165, 1.54) is 12.8 Å². The monoisotopic (exact) mass is 238 g/mol. The molecular weight excluding hydrogens is 224 g/mol. The van der Waals surface area contributed by atoms with Gasteiger partial charge in [0.25, 0.3) is 0 Å². The van der Waals surface area contributed by atoms with Crippen LogP contribution in [-0.2, 0) is 12.8 Å². The van der Waals surface area contributed by atoms with Crippen molar-refractivity contribution in [3.8, 4) is 0 Å². The first kappa shape index (κ1) is 9.26. The Bertz CT molecular complexity index is 268. The maximum absolute atomic E-state index is 3.57. The fourth-order valence-electron chi connectivity index (χ4n) is 2.12. The van der Waals surface area contributed by atoms with E-state index in [4.69, 9.17) is 0 Å². The van der Waals surface area contributed by atoms with E-state index in [1.807, 2.05) is 0 Å². The van der Waals surface area contributed by atoms with E-state index in [-0.39, 0.29) is 0 Å². The molecular formula is C12H15Br. The Morgan fingerprint density at radius 1 is 1.31 bits per heavy atom. The summed E-state index contributed by atoms with van der Waals surface area (Å²) in [7, 11) is 0. The molecule has 13 heavy (non-hydrogen) atoms. The SMILES string of the molecule is CC(CBr)C1Cc2ccccc2C1. The highest BCUT2D eigenvalue weighted by Crippen LogP contribution is 2.31. The van der Waals surface area contributed by atoms with Crippen molar-refractivity contribution < 1.29 is 0 Å². The van der Waals surface area contributed by atoms with Crippen LogP contribution in [0, 0.1) is 11.8 Å². The van der Waals surface area contributed by atoms with Crippen LogP contribution in [0.4, 0.5) is 0 Å². The molecule has 1 atom stereocenters. The fourth-order valence-corrected chi connectivity index (χ4v) is 2.65. The number of halogens is 1. The molecule has 1 aliphatic rings. The molecule has 0 bridgehead atoms. The van der Waals surface area contributed by atoms with E-state index < -0.39 is 0 Å². The number of hydrogen-bond acceptors (Lipinski definition) is 0. The number of hydrogen-bond donors (Lipinski definition) is 0. The molecule has 1 aromatic carbocycles. The molecule has 2 rings (SSSR count). The summed E-state index contributed by atoms with van der Waals surface area (Å²) in [5.74, 6) is 1.66. The van der Waals surface area contributed by atoms with Crippen LogP contribution in [0.3, 0.4) is 0 Å². The normalized spacial score (nSPS) is 18.6. The highest BCUT2D eigenvalue weighted by atomic mass is 79.9. The highest BCUT2D eigenvalue weighted by molar-refractivity contribution is 9.09. The average molecular weight is 239 g/mol. The minimum Gasteiger partial charge on any atom is -0.0925 e. The molecule has 0 amide bonds. The molecule has 0 fully saturated rings. The first-order chi connectivity index (χ1) is 6.31. The van der Waals surface area contributed by atoms with Crippen LogP contribution in [0.1, 0.15) is 18.1 Å². The Morgan fingerprint density at radius 3 is 2.31 bits per heavy atom. The molecule has 1 aromatic rings. The number of benzene rings is 1. The minimum atomic E-state index is 0.799. The van der Waals surface area contributed by atoms with Gasteiger partial charge in [-0.3, -0.25) is 0 Å². The third kappa shape index (κ3) is 1.80. The number of alkyl halides is 1. The van der Waals surface area contributed by atoms with E-state index in [0.29, 0.717) is 0 Å². The molecule has 0 saturated heterocycles. The molecule has 0 saturated carbocycles. The first-order valence-electron chi connectivity index (χ1n) is 4.94. The lowest BCUT2D eigenvalue weighted by atomic mass is 9.93. The Hall–Kier alpha value is -0.300. The van der Waals surface area contributed by atoms with E-state index >= 15 is 0 Å². The molecule has 0 N–H and O–H groups in total. The summed E-state index contributed by atoms with van der Waals surface area (Å²) in [4.78, 5) is 0. The molecule has 0 aliphatic heterocycles. The van der Waals surface area contributed by atoms with Crippen LogP contribution in [0.2, 0.25) is 0 Å². The third-order valence-corrected chi connectivity index (χ3v) is 4.15. The standard InChI is InChI=1S/C12H15Br/c1-9(8-13)12-6-10-4-2-3-5-11(10)7-12/h2-5,9,12H,6-8H2,1H3. The third-order valence-electron chi connectivity index (χ3n) is 3.13. The van der Waals surface area contributed by atoms with Crippen molar-refractivity contribution >= 4 is 15.9 Å². The molecule has 0 heterocycles. The second-order valence-corrected chi connectivity index (χ2v) is 4.72. The smallest absolute Gasteiger partial charge is 0.00599 e. The Morgan fingerprint density at radius 2 is 1.85 bits per heavy atom. The molecule has 1 heteroatoms. The zero-order chi connectivity index (χ0) is 9.26. The van der Waals surface area contributed by atoms with Crippen LogP contribution in [0.15, 0.2) is 24.3 Å². The highest BCUT2D eigenvalue weighted by Gasteiger charge is 2.24. The molecule has 0 aromatic heterocycles. The number of rotatable bonds is 2. The van der Waals surface area contributed by atoms with Crippen LogP contribution >= 0.6 is 15.9 Å². The van der Waals surface area contributed by atoms with Crippen molar-refractivity contribution in [3.63, 3.8) is 0 Å².